The lowest BCUT2D eigenvalue weighted by atomic mass is 10.1. The second-order valence-electron chi connectivity index (χ2n) is 6.44. The smallest absolute Gasteiger partial charge is 0.241 e. The fraction of sp³-hybridized carbons (Fsp3) is 0.933. The van der Waals surface area contributed by atoms with Crippen LogP contribution in [0.15, 0.2) is 0 Å². The Morgan fingerprint density at radius 1 is 1.39 bits per heavy atom. The summed E-state index contributed by atoms with van der Waals surface area (Å²) < 4.78 is 0. The minimum absolute atomic E-state index is 0.0902. The number of carbonyl (C=O) groups is 1. The van der Waals surface area contributed by atoms with E-state index in [2.05, 4.69) is 31.0 Å². The van der Waals surface area contributed by atoms with Gasteiger partial charge in [0.2, 0.25) is 5.91 Å². The molecule has 1 aliphatic carbocycles. The highest BCUT2D eigenvalue weighted by molar-refractivity contribution is 5.84. The zero-order valence-corrected chi connectivity index (χ0v) is 12.1. The number of rotatable bonds is 7. The number of nitrogens with zero attached hydrogens (tertiary/aromatic N) is 1. The van der Waals surface area contributed by atoms with E-state index in [9.17, 15) is 4.79 Å². The van der Waals surface area contributed by atoms with E-state index in [0.717, 1.165) is 31.7 Å². The van der Waals surface area contributed by atoms with E-state index >= 15 is 0 Å². The molecule has 0 spiro atoms. The molecule has 0 bridgehead atoms. The van der Waals surface area contributed by atoms with Crippen molar-refractivity contribution >= 4 is 5.91 Å². The molecule has 2 atom stereocenters. The summed E-state index contributed by atoms with van der Waals surface area (Å²) in [5, 5.41) is 3.57. The Hall–Kier alpha value is -0.570. The Morgan fingerprint density at radius 2 is 2.11 bits per heavy atom. The van der Waals surface area contributed by atoms with Crippen molar-refractivity contribution in [2.45, 2.75) is 71.5 Å². The maximum atomic E-state index is 12.4. The van der Waals surface area contributed by atoms with Gasteiger partial charge in [0.1, 0.15) is 0 Å². The van der Waals surface area contributed by atoms with E-state index in [4.69, 9.17) is 0 Å². The molecule has 1 saturated carbocycles. The third kappa shape index (κ3) is 3.47. The van der Waals surface area contributed by atoms with E-state index < -0.39 is 0 Å². The van der Waals surface area contributed by atoms with Gasteiger partial charge in [-0.1, -0.05) is 33.6 Å². The standard InChI is InChI=1S/C15H28N2O/c1-4-5-6-13-15(18)17(10-12-7-8-12)14(16-13)9-11(2)3/h11-14,16H,4-10H2,1-3H3. The first-order valence-corrected chi connectivity index (χ1v) is 7.68. The van der Waals surface area contributed by atoms with Crippen molar-refractivity contribution in [1.29, 1.82) is 0 Å². The molecule has 1 saturated heterocycles. The highest BCUT2D eigenvalue weighted by Gasteiger charge is 2.40. The van der Waals surface area contributed by atoms with Crippen LogP contribution in [-0.4, -0.2) is 29.6 Å². The number of unbranched alkanes of at least 4 members (excludes halogenated alkanes) is 1. The van der Waals surface area contributed by atoms with Gasteiger partial charge in [0, 0.05) is 6.54 Å². The number of nitrogens with one attached hydrogen (secondary N) is 1. The fourth-order valence-corrected chi connectivity index (χ4v) is 2.80. The molecule has 0 aromatic rings. The normalized spacial score (nSPS) is 28.4. The molecule has 1 aliphatic heterocycles. The molecule has 3 heteroatoms. The maximum Gasteiger partial charge on any atom is 0.241 e. The maximum absolute atomic E-state index is 12.4. The molecule has 2 rings (SSSR count). The van der Waals surface area contributed by atoms with Crippen LogP contribution in [0.3, 0.4) is 0 Å². The van der Waals surface area contributed by atoms with Gasteiger partial charge >= 0.3 is 0 Å². The summed E-state index contributed by atoms with van der Waals surface area (Å²) in [5.41, 5.74) is 0. The van der Waals surface area contributed by atoms with Crippen LogP contribution in [0.1, 0.15) is 59.3 Å². The van der Waals surface area contributed by atoms with Crippen molar-refractivity contribution in [3.05, 3.63) is 0 Å². The van der Waals surface area contributed by atoms with E-state index in [1.54, 1.807) is 0 Å². The number of carbonyl (C=O) groups excluding carboxylic acids is 1. The molecule has 104 valence electrons. The van der Waals surface area contributed by atoms with Gasteiger partial charge in [0.15, 0.2) is 0 Å². The Balaban J connectivity index is 1.94. The molecule has 1 N–H and O–H groups in total. The van der Waals surface area contributed by atoms with Gasteiger partial charge in [0.25, 0.3) is 0 Å². The van der Waals surface area contributed by atoms with Crippen LogP contribution in [0, 0.1) is 11.8 Å². The monoisotopic (exact) mass is 252 g/mol. The topological polar surface area (TPSA) is 32.3 Å². The fourth-order valence-electron chi connectivity index (χ4n) is 2.80. The van der Waals surface area contributed by atoms with Gasteiger partial charge in [-0.25, -0.2) is 0 Å². The molecule has 2 aliphatic rings. The van der Waals surface area contributed by atoms with Crippen LogP contribution in [0.2, 0.25) is 0 Å². The summed E-state index contributed by atoms with van der Waals surface area (Å²) in [6, 6.07) is 0.0902. The van der Waals surface area contributed by atoms with E-state index in [1.807, 2.05) is 0 Å². The summed E-state index contributed by atoms with van der Waals surface area (Å²) in [7, 11) is 0. The van der Waals surface area contributed by atoms with Crippen molar-refractivity contribution < 1.29 is 4.79 Å². The van der Waals surface area contributed by atoms with Crippen molar-refractivity contribution in [1.82, 2.24) is 10.2 Å². The third-order valence-electron chi connectivity index (χ3n) is 4.04. The average Bonchev–Trinajstić information content (AvgIpc) is 3.08. The number of hydrogen-bond donors (Lipinski definition) is 1. The second-order valence-corrected chi connectivity index (χ2v) is 6.44. The largest absolute Gasteiger partial charge is 0.326 e. The van der Waals surface area contributed by atoms with Gasteiger partial charge in [-0.15, -0.1) is 0 Å². The lowest BCUT2D eigenvalue weighted by molar-refractivity contribution is -0.130. The van der Waals surface area contributed by atoms with Gasteiger partial charge in [-0.3, -0.25) is 10.1 Å². The molecule has 0 aromatic carbocycles. The molecule has 1 heterocycles. The Morgan fingerprint density at radius 3 is 2.67 bits per heavy atom. The first-order chi connectivity index (χ1) is 8.61. The first-order valence-electron chi connectivity index (χ1n) is 7.68. The van der Waals surface area contributed by atoms with Crippen molar-refractivity contribution in [2.24, 2.45) is 11.8 Å². The first kappa shape index (κ1) is 13.9. The van der Waals surface area contributed by atoms with Crippen molar-refractivity contribution in [2.75, 3.05) is 6.54 Å². The molecule has 2 fully saturated rings. The van der Waals surface area contributed by atoms with Crippen LogP contribution in [0.4, 0.5) is 0 Å². The van der Waals surface area contributed by atoms with Crippen molar-refractivity contribution in [3.8, 4) is 0 Å². The summed E-state index contributed by atoms with van der Waals surface area (Å²) in [5.74, 6) is 1.79. The lowest BCUT2D eigenvalue weighted by Gasteiger charge is -2.25. The lowest BCUT2D eigenvalue weighted by Crippen LogP contribution is -2.39. The number of hydrogen-bond acceptors (Lipinski definition) is 2. The van der Waals surface area contributed by atoms with Crippen LogP contribution >= 0.6 is 0 Å². The summed E-state index contributed by atoms with van der Waals surface area (Å²) in [6.45, 7) is 7.65. The van der Waals surface area contributed by atoms with Crippen LogP contribution in [0.5, 0.6) is 0 Å². The predicted octanol–water partition coefficient (Wildman–Crippen LogP) is 2.76. The predicted molar refractivity (Wildman–Crippen MR) is 74.1 cm³/mol. The summed E-state index contributed by atoms with van der Waals surface area (Å²) in [4.78, 5) is 14.6. The highest BCUT2D eigenvalue weighted by atomic mass is 16.2. The molecule has 0 radical (unpaired) electrons. The van der Waals surface area contributed by atoms with E-state index in [-0.39, 0.29) is 6.04 Å². The molecule has 1 amide bonds. The average molecular weight is 252 g/mol. The van der Waals surface area contributed by atoms with Gasteiger partial charge < -0.3 is 4.90 Å². The molecular weight excluding hydrogens is 224 g/mol. The minimum Gasteiger partial charge on any atom is -0.326 e. The van der Waals surface area contributed by atoms with Crippen molar-refractivity contribution in [3.63, 3.8) is 0 Å². The second kappa shape index (κ2) is 6.05. The summed E-state index contributed by atoms with van der Waals surface area (Å²) in [6.07, 6.45) is 7.33. The van der Waals surface area contributed by atoms with Gasteiger partial charge in [-0.2, -0.15) is 0 Å². The highest BCUT2D eigenvalue weighted by Crippen LogP contribution is 2.32. The zero-order chi connectivity index (χ0) is 13.1. The molecular formula is C15H28N2O. The third-order valence-corrected chi connectivity index (χ3v) is 4.04. The Labute approximate surface area is 111 Å². The van der Waals surface area contributed by atoms with Gasteiger partial charge in [-0.05, 0) is 37.5 Å². The van der Waals surface area contributed by atoms with Crippen LogP contribution in [-0.2, 0) is 4.79 Å². The van der Waals surface area contributed by atoms with E-state index in [0.29, 0.717) is 18.0 Å². The van der Waals surface area contributed by atoms with Crippen LogP contribution in [0.25, 0.3) is 0 Å². The molecule has 3 nitrogen and oxygen atoms in total. The Kier molecular flexibility index (Phi) is 4.66. The molecule has 2 unspecified atom stereocenters. The van der Waals surface area contributed by atoms with Crippen LogP contribution < -0.4 is 5.32 Å². The summed E-state index contributed by atoms with van der Waals surface area (Å²) >= 11 is 0. The quantitative estimate of drug-likeness (QED) is 0.755. The molecule has 18 heavy (non-hydrogen) atoms. The molecule has 0 aromatic heterocycles. The van der Waals surface area contributed by atoms with Gasteiger partial charge in [0.05, 0.1) is 12.2 Å². The SMILES string of the molecule is CCCCC1NC(CC(C)C)N(CC2CC2)C1=O. The Bertz CT molecular complexity index is 286. The minimum atomic E-state index is 0.0902. The van der Waals surface area contributed by atoms with E-state index in [1.165, 1.54) is 19.3 Å². The zero-order valence-electron chi connectivity index (χ0n) is 12.1. The number of amides is 1.